The molecule has 2 nitrogen and oxygen atoms in total. The molecule has 0 aliphatic heterocycles. The quantitative estimate of drug-likeness (QED) is 0.173. The van der Waals surface area contributed by atoms with Crippen LogP contribution < -0.4 is 4.90 Å². The van der Waals surface area contributed by atoms with Gasteiger partial charge in [0.15, 0.2) is 0 Å². The van der Waals surface area contributed by atoms with E-state index in [0.717, 1.165) is 50.1 Å². The van der Waals surface area contributed by atoms with Crippen LogP contribution in [-0.2, 0) is 0 Å². The first-order valence-electron chi connectivity index (χ1n) is 18.6. The van der Waals surface area contributed by atoms with Gasteiger partial charge in [-0.1, -0.05) is 133 Å². The Kier molecular flexibility index (Phi) is 7.63. The van der Waals surface area contributed by atoms with Gasteiger partial charge < -0.3 is 9.32 Å². The van der Waals surface area contributed by atoms with Gasteiger partial charge in [0.2, 0.25) is 0 Å². The molecule has 10 rings (SSSR count). The zero-order valence-corrected chi connectivity index (χ0v) is 30.3. The topological polar surface area (TPSA) is 16.4 Å². The highest BCUT2D eigenvalue weighted by Crippen LogP contribution is 2.42. The van der Waals surface area contributed by atoms with E-state index in [4.69, 9.17) is 4.42 Å². The normalized spacial score (nSPS) is 11.5. The van der Waals surface area contributed by atoms with Crippen LogP contribution in [-0.4, -0.2) is 0 Å². The van der Waals surface area contributed by atoms with Crippen LogP contribution in [0.3, 0.4) is 0 Å². The fourth-order valence-electron chi connectivity index (χ4n) is 8.15. The molecule has 0 fully saturated rings. The summed E-state index contributed by atoms with van der Waals surface area (Å²) in [6.07, 6.45) is 0. The number of aryl methyl sites for hydroxylation is 2. The molecule has 0 bridgehead atoms. The van der Waals surface area contributed by atoms with Crippen LogP contribution in [0.15, 0.2) is 192 Å². The van der Waals surface area contributed by atoms with E-state index >= 15 is 0 Å². The monoisotopic (exact) mass is 691 g/mol. The Balaban J connectivity index is 1.10. The number of fused-ring (bicyclic) bond motifs is 5. The molecule has 256 valence electrons. The fraction of sp³-hybridized carbons (Fsp3) is 0.0385. The Bertz CT molecular complexity index is 2990. The molecule has 0 unspecified atom stereocenters. The van der Waals surface area contributed by atoms with Gasteiger partial charge in [-0.15, -0.1) is 0 Å². The molecule has 0 spiro atoms. The summed E-state index contributed by atoms with van der Waals surface area (Å²) in [6.45, 7) is 4.30. The van der Waals surface area contributed by atoms with Crippen LogP contribution in [0.2, 0.25) is 0 Å². The molecular formula is C52H37NO. The average Bonchev–Trinajstić information content (AvgIpc) is 3.58. The maximum absolute atomic E-state index is 6.51. The first kappa shape index (κ1) is 31.8. The van der Waals surface area contributed by atoms with Gasteiger partial charge in [-0.25, -0.2) is 0 Å². The van der Waals surface area contributed by atoms with E-state index in [9.17, 15) is 0 Å². The maximum Gasteiger partial charge on any atom is 0.143 e. The Morgan fingerprint density at radius 1 is 0.352 bits per heavy atom. The molecule has 10 aromatic rings. The van der Waals surface area contributed by atoms with Gasteiger partial charge in [0.05, 0.1) is 0 Å². The first-order valence-corrected chi connectivity index (χ1v) is 18.6. The van der Waals surface area contributed by atoms with E-state index in [1.165, 1.54) is 54.9 Å². The highest BCUT2D eigenvalue weighted by Gasteiger charge is 2.18. The molecule has 0 atom stereocenters. The maximum atomic E-state index is 6.51. The summed E-state index contributed by atoms with van der Waals surface area (Å²) in [5.74, 6) is 0. The molecule has 0 saturated heterocycles. The molecular weight excluding hydrogens is 655 g/mol. The Morgan fingerprint density at radius 2 is 0.907 bits per heavy atom. The van der Waals surface area contributed by atoms with Crippen LogP contribution in [0, 0.1) is 13.8 Å². The Labute approximate surface area is 315 Å². The van der Waals surface area contributed by atoms with Gasteiger partial charge >= 0.3 is 0 Å². The third-order valence-corrected chi connectivity index (χ3v) is 10.7. The lowest BCUT2D eigenvalue weighted by molar-refractivity contribution is 0.670. The third kappa shape index (κ3) is 5.52. The number of benzene rings is 9. The number of furan rings is 1. The second-order valence-electron chi connectivity index (χ2n) is 14.3. The lowest BCUT2D eigenvalue weighted by Gasteiger charge is -2.26. The van der Waals surface area contributed by atoms with Crippen LogP contribution in [0.4, 0.5) is 17.1 Å². The first-order chi connectivity index (χ1) is 26.6. The zero-order chi connectivity index (χ0) is 36.2. The molecule has 0 amide bonds. The SMILES string of the molecule is Cc1ccc2oc3c(-c4ccc(N(c5ccc(-c6cccc7ccccc67)cc5)c5cccc(-c6cccc7ccccc67)c5)cc4)cc(C)cc3c2c1. The Hall–Kier alpha value is -6.90. The molecule has 1 aromatic heterocycles. The molecule has 0 radical (unpaired) electrons. The Morgan fingerprint density at radius 3 is 1.57 bits per heavy atom. The summed E-state index contributed by atoms with van der Waals surface area (Å²) in [4.78, 5) is 2.36. The highest BCUT2D eigenvalue weighted by atomic mass is 16.3. The van der Waals surface area contributed by atoms with Crippen molar-refractivity contribution in [1.29, 1.82) is 0 Å². The van der Waals surface area contributed by atoms with Gasteiger partial charge in [-0.3, -0.25) is 0 Å². The van der Waals surface area contributed by atoms with Crippen molar-refractivity contribution in [3.8, 4) is 33.4 Å². The average molecular weight is 692 g/mol. The molecule has 54 heavy (non-hydrogen) atoms. The number of nitrogens with zero attached hydrogens (tertiary/aromatic N) is 1. The van der Waals surface area contributed by atoms with Gasteiger partial charge in [0.1, 0.15) is 11.2 Å². The van der Waals surface area contributed by atoms with E-state index in [1.807, 2.05) is 0 Å². The number of hydrogen-bond donors (Lipinski definition) is 0. The predicted octanol–water partition coefficient (Wildman–Crippen LogP) is 15.0. The van der Waals surface area contributed by atoms with Crippen molar-refractivity contribution in [2.24, 2.45) is 0 Å². The molecule has 0 aliphatic carbocycles. The van der Waals surface area contributed by atoms with Crippen molar-refractivity contribution >= 4 is 60.5 Å². The molecule has 0 N–H and O–H groups in total. The van der Waals surface area contributed by atoms with Gasteiger partial charge in [-0.2, -0.15) is 0 Å². The van der Waals surface area contributed by atoms with E-state index in [2.05, 4.69) is 207 Å². The largest absolute Gasteiger partial charge is 0.455 e. The number of anilines is 3. The minimum atomic E-state index is 0.920. The standard InChI is InChI=1S/C52H37NO/c1-34-20-29-51-49(30-34)50-32-35(2)31-48(52(50)54-51)39-23-27-42(28-24-39)53(41-25-21-38(22-26-41)46-18-8-12-36-10-3-5-16-44(36)46)43-15-7-14-40(33-43)47-19-9-13-37-11-4-6-17-45(37)47/h3-33H,1-2H3. The minimum absolute atomic E-state index is 0.920. The number of hydrogen-bond acceptors (Lipinski definition) is 2. The van der Waals surface area contributed by atoms with Crippen molar-refractivity contribution in [3.63, 3.8) is 0 Å². The van der Waals surface area contributed by atoms with Crippen molar-refractivity contribution < 1.29 is 4.42 Å². The third-order valence-electron chi connectivity index (χ3n) is 10.7. The number of rotatable bonds is 6. The summed E-state index contributed by atoms with van der Waals surface area (Å²) >= 11 is 0. The summed E-state index contributed by atoms with van der Waals surface area (Å²) in [5, 5.41) is 7.31. The van der Waals surface area contributed by atoms with E-state index < -0.39 is 0 Å². The van der Waals surface area contributed by atoms with Crippen molar-refractivity contribution in [3.05, 3.63) is 199 Å². The van der Waals surface area contributed by atoms with Crippen LogP contribution in [0.5, 0.6) is 0 Å². The molecule has 0 saturated carbocycles. The second-order valence-corrected chi connectivity index (χ2v) is 14.3. The second kappa shape index (κ2) is 12.9. The van der Waals surface area contributed by atoms with Gasteiger partial charge in [0, 0.05) is 33.4 Å². The highest BCUT2D eigenvalue weighted by molar-refractivity contribution is 6.10. The van der Waals surface area contributed by atoms with Crippen molar-refractivity contribution in [1.82, 2.24) is 0 Å². The predicted molar refractivity (Wildman–Crippen MR) is 229 cm³/mol. The van der Waals surface area contributed by atoms with Crippen LogP contribution in [0.25, 0.3) is 76.9 Å². The summed E-state index contributed by atoms with van der Waals surface area (Å²) in [7, 11) is 0. The van der Waals surface area contributed by atoms with Crippen LogP contribution >= 0.6 is 0 Å². The smallest absolute Gasteiger partial charge is 0.143 e. The lowest BCUT2D eigenvalue weighted by atomic mass is 9.97. The summed E-state index contributed by atoms with van der Waals surface area (Å²) in [6, 6.07) is 68.1. The molecule has 1 heterocycles. The summed E-state index contributed by atoms with van der Waals surface area (Å²) < 4.78 is 6.51. The molecule has 2 heteroatoms. The molecule has 9 aromatic carbocycles. The van der Waals surface area contributed by atoms with Crippen molar-refractivity contribution in [2.45, 2.75) is 13.8 Å². The van der Waals surface area contributed by atoms with Crippen LogP contribution in [0.1, 0.15) is 11.1 Å². The van der Waals surface area contributed by atoms with Gasteiger partial charge in [0.25, 0.3) is 0 Å². The molecule has 0 aliphatic rings. The van der Waals surface area contributed by atoms with Crippen molar-refractivity contribution in [2.75, 3.05) is 4.90 Å². The van der Waals surface area contributed by atoms with E-state index in [0.29, 0.717) is 0 Å². The summed E-state index contributed by atoms with van der Waals surface area (Å²) in [5.41, 5.74) is 14.6. The minimum Gasteiger partial charge on any atom is -0.455 e. The zero-order valence-electron chi connectivity index (χ0n) is 30.3. The van der Waals surface area contributed by atoms with Gasteiger partial charge in [-0.05, 0) is 129 Å². The van der Waals surface area contributed by atoms with E-state index in [-0.39, 0.29) is 0 Å². The fourth-order valence-corrected chi connectivity index (χ4v) is 8.15. The lowest BCUT2D eigenvalue weighted by Crippen LogP contribution is -2.10. The van der Waals surface area contributed by atoms with E-state index in [1.54, 1.807) is 0 Å².